The Labute approximate surface area is 128 Å². The molecule has 0 saturated heterocycles. The van der Waals surface area contributed by atoms with Gasteiger partial charge in [0.1, 0.15) is 0 Å². The number of thiazole rings is 1. The van der Waals surface area contributed by atoms with Crippen LogP contribution in [-0.4, -0.2) is 28.6 Å². The fraction of sp³-hybridized carbons (Fsp3) is 0.692. The molecule has 7 heteroatoms. The summed E-state index contributed by atoms with van der Waals surface area (Å²) in [5, 5.41) is 16.4. The minimum absolute atomic E-state index is 0. The molecule has 1 aromatic heterocycles. The molecule has 1 fully saturated rings. The molecule has 5 nitrogen and oxygen atoms in total. The van der Waals surface area contributed by atoms with Gasteiger partial charge in [-0.05, 0) is 25.7 Å². The van der Waals surface area contributed by atoms with E-state index in [4.69, 9.17) is 0 Å². The molecule has 0 aromatic carbocycles. The molecule has 20 heavy (non-hydrogen) atoms. The van der Waals surface area contributed by atoms with Crippen molar-refractivity contribution in [2.75, 3.05) is 11.9 Å². The Morgan fingerprint density at radius 2 is 2.10 bits per heavy atom. The molecule has 1 aliphatic carbocycles. The first-order chi connectivity index (χ1) is 9.22. The van der Waals surface area contributed by atoms with Gasteiger partial charge >= 0.3 is 0 Å². The highest BCUT2D eigenvalue weighted by molar-refractivity contribution is 7.15. The first-order valence-corrected chi connectivity index (χ1v) is 7.72. The lowest BCUT2D eigenvalue weighted by atomic mass is 9.87. The van der Waals surface area contributed by atoms with Gasteiger partial charge in [-0.3, -0.25) is 4.79 Å². The number of aliphatic hydroxyl groups is 1. The van der Waals surface area contributed by atoms with Crippen LogP contribution in [0.2, 0.25) is 0 Å². The van der Waals surface area contributed by atoms with Crippen LogP contribution in [0, 0.1) is 5.92 Å². The number of fused-ring (bicyclic) bond motifs is 1. The lowest BCUT2D eigenvalue weighted by Crippen LogP contribution is -2.28. The van der Waals surface area contributed by atoms with E-state index in [-0.39, 0.29) is 30.3 Å². The number of carbonyl (C=O) groups is 1. The van der Waals surface area contributed by atoms with E-state index in [2.05, 4.69) is 15.6 Å². The molecule has 3 rings (SSSR count). The lowest BCUT2D eigenvalue weighted by Gasteiger charge is -2.23. The number of amides is 1. The number of carbonyl (C=O) groups excluding carboxylic acids is 1. The second kappa shape index (κ2) is 6.85. The third kappa shape index (κ3) is 3.49. The molecule has 1 amide bonds. The van der Waals surface area contributed by atoms with Gasteiger partial charge in [-0.1, -0.05) is 0 Å². The average Bonchev–Trinajstić information content (AvgIpc) is 2.81. The third-order valence-electron chi connectivity index (χ3n) is 3.90. The van der Waals surface area contributed by atoms with Crippen molar-refractivity contribution in [2.24, 2.45) is 5.92 Å². The fourth-order valence-corrected chi connectivity index (χ4v) is 3.71. The van der Waals surface area contributed by atoms with Gasteiger partial charge < -0.3 is 15.7 Å². The highest BCUT2D eigenvalue weighted by atomic mass is 35.5. The van der Waals surface area contributed by atoms with Gasteiger partial charge in [-0.15, -0.1) is 23.7 Å². The molecule has 0 unspecified atom stereocenters. The molecule has 1 saturated carbocycles. The van der Waals surface area contributed by atoms with E-state index in [1.165, 1.54) is 4.88 Å². The molecular weight excluding hydrogens is 298 g/mol. The average molecular weight is 318 g/mol. The largest absolute Gasteiger partial charge is 0.393 e. The molecule has 0 radical (unpaired) electrons. The van der Waals surface area contributed by atoms with E-state index in [0.717, 1.165) is 56.0 Å². The van der Waals surface area contributed by atoms with Gasteiger partial charge in [-0.25, -0.2) is 4.98 Å². The Bertz CT molecular complexity index is 449. The number of aromatic nitrogens is 1. The Balaban J connectivity index is 0.00000147. The zero-order chi connectivity index (χ0) is 13.2. The van der Waals surface area contributed by atoms with Gasteiger partial charge in [0.15, 0.2) is 5.13 Å². The SMILES string of the molecule is Cl.O=C(Nc1nc2c(s1)CNCC2)C1CCC(O)CC1. The van der Waals surface area contributed by atoms with Crippen molar-refractivity contribution < 1.29 is 9.90 Å². The van der Waals surface area contributed by atoms with Crippen LogP contribution in [0.25, 0.3) is 0 Å². The minimum Gasteiger partial charge on any atom is -0.393 e. The van der Waals surface area contributed by atoms with Crippen molar-refractivity contribution in [1.82, 2.24) is 10.3 Å². The zero-order valence-electron chi connectivity index (χ0n) is 11.2. The quantitative estimate of drug-likeness (QED) is 0.776. The zero-order valence-corrected chi connectivity index (χ0v) is 12.9. The number of nitrogens with zero attached hydrogens (tertiary/aromatic N) is 1. The van der Waals surface area contributed by atoms with Crippen molar-refractivity contribution in [3.63, 3.8) is 0 Å². The van der Waals surface area contributed by atoms with Gasteiger partial charge in [-0.2, -0.15) is 0 Å². The van der Waals surface area contributed by atoms with Crippen LogP contribution in [0.5, 0.6) is 0 Å². The summed E-state index contributed by atoms with van der Waals surface area (Å²) in [5.74, 6) is 0.0911. The maximum absolute atomic E-state index is 12.1. The molecular formula is C13H20ClN3O2S. The predicted molar refractivity (Wildman–Crippen MR) is 81.4 cm³/mol. The summed E-state index contributed by atoms with van der Waals surface area (Å²) >= 11 is 1.57. The number of hydrogen-bond acceptors (Lipinski definition) is 5. The number of halogens is 1. The van der Waals surface area contributed by atoms with E-state index in [9.17, 15) is 9.90 Å². The van der Waals surface area contributed by atoms with Gasteiger partial charge in [0, 0.05) is 30.3 Å². The maximum atomic E-state index is 12.1. The molecule has 3 N–H and O–H groups in total. The molecule has 1 aliphatic heterocycles. The highest BCUT2D eigenvalue weighted by Crippen LogP contribution is 2.28. The number of anilines is 1. The van der Waals surface area contributed by atoms with E-state index in [1.807, 2.05) is 0 Å². The summed E-state index contributed by atoms with van der Waals surface area (Å²) in [5.41, 5.74) is 1.12. The second-order valence-corrected chi connectivity index (χ2v) is 6.39. The lowest BCUT2D eigenvalue weighted by molar-refractivity contribution is -0.121. The summed E-state index contributed by atoms with van der Waals surface area (Å²) in [7, 11) is 0. The minimum atomic E-state index is -0.220. The summed E-state index contributed by atoms with van der Waals surface area (Å²) in [6.45, 7) is 1.82. The number of aliphatic hydroxyl groups excluding tert-OH is 1. The first kappa shape index (κ1) is 15.7. The van der Waals surface area contributed by atoms with Crippen LogP contribution in [0.15, 0.2) is 0 Å². The normalized spacial score (nSPS) is 25.4. The summed E-state index contributed by atoms with van der Waals surface area (Å²) in [6, 6.07) is 0. The Morgan fingerprint density at radius 1 is 1.35 bits per heavy atom. The number of nitrogens with one attached hydrogen (secondary N) is 2. The molecule has 112 valence electrons. The third-order valence-corrected chi connectivity index (χ3v) is 4.91. The molecule has 2 aliphatic rings. The maximum Gasteiger partial charge on any atom is 0.229 e. The van der Waals surface area contributed by atoms with E-state index in [1.54, 1.807) is 11.3 Å². The van der Waals surface area contributed by atoms with Crippen LogP contribution >= 0.6 is 23.7 Å². The van der Waals surface area contributed by atoms with Crippen molar-refractivity contribution in [1.29, 1.82) is 0 Å². The molecule has 0 spiro atoms. The van der Waals surface area contributed by atoms with Crippen molar-refractivity contribution >= 4 is 34.8 Å². The van der Waals surface area contributed by atoms with Gasteiger partial charge in [0.05, 0.1) is 11.8 Å². The summed E-state index contributed by atoms with van der Waals surface area (Å²) in [6.07, 6.45) is 3.74. The standard InChI is InChI=1S/C13H19N3O2S.ClH/c17-9-3-1-8(2-4-9)12(18)16-13-15-10-5-6-14-7-11(10)19-13;/h8-9,14,17H,1-7H2,(H,15,16,18);1H. The van der Waals surface area contributed by atoms with Crippen LogP contribution in [0.3, 0.4) is 0 Å². The molecule has 1 aromatic rings. The van der Waals surface area contributed by atoms with Crippen LogP contribution in [0.1, 0.15) is 36.3 Å². The topological polar surface area (TPSA) is 74.2 Å². The summed E-state index contributed by atoms with van der Waals surface area (Å²) in [4.78, 5) is 17.9. The second-order valence-electron chi connectivity index (χ2n) is 5.31. The van der Waals surface area contributed by atoms with Crippen LogP contribution < -0.4 is 10.6 Å². The van der Waals surface area contributed by atoms with E-state index < -0.39 is 0 Å². The van der Waals surface area contributed by atoms with Crippen LogP contribution in [0.4, 0.5) is 5.13 Å². The van der Waals surface area contributed by atoms with E-state index >= 15 is 0 Å². The Kier molecular flexibility index (Phi) is 5.37. The molecule has 0 atom stereocenters. The smallest absolute Gasteiger partial charge is 0.229 e. The van der Waals surface area contributed by atoms with Crippen molar-refractivity contribution in [3.8, 4) is 0 Å². The van der Waals surface area contributed by atoms with Crippen molar-refractivity contribution in [3.05, 3.63) is 10.6 Å². The van der Waals surface area contributed by atoms with Crippen molar-refractivity contribution in [2.45, 2.75) is 44.8 Å². The fourth-order valence-electron chi connectivity index (χ4n) is 2.72. The predicted octanol–water partition coefficient (Wildman–Crippen LogP) is 1.70. The highest BCUT2D eigenvalue weighted by Gasteiger charge is 2.26. The van der Waals surface area contributed by atoms with E-state index in [0.29, 0.717) is 0 Å². The Hall–Kier alpha value is -0.690. The van der Waals surface area contributed by atoms with Crippen LogP contribution in [-0.2, 0) is 17.8 Å². The van der Waals surface area contributed by atoms with Gasteiger partial charge in [0.2, 0.25) is 5.91 Å². The summed E-state index contributed by atoms with van der Waals surface area (Å²) < 4.78 is 0. The Morgan fingerprint density at radius 3 is 2.80 bits per heavy atom. The van der Waals surface area contributed by atoms with Gasteiger partial charge in [0.25, 0.3) is 0 Å². The first-order valence-electron chi connectivity index (χ1n) is 6.90. The monoisotopic (exact) mass is 317 g/mol. The number of rotatable bonds is 2. The number of hydrogen-bond donors (Lipinski definition) is 3. The molecule has 2 heterocycles. The molecule has 0 bridgehead atoms.